The molecule has 170 valence electrons. The third-order valence-electron chi connectivity index (χ3n) is 4.57. The molecule has 0 aliphatic rings. The van der Waals surface area contributed by atoms with E-state index in [2.05, 4.69) is 15.0 Å². The maximum atomic E-state index is 13.1. The Hall–Kier alpha value is -2.97. The first-order valence-electron chi connectivity index (χ1n) is 10.7. The Balaban J connectivity index is 1.93. The predicted octanol–water partition coefficient (Wildman–Crippen LogP) is 4.30. The Morgan fingerprint density at radius 2 is 1.97 bits per heavy atom. The molecule has 0 radical (unpaired) electrons. The summed E-state index contributed by atoms with van der Waals surface area (Å²) in [6.45, 7) is 6.82. The van der Waals surface area contributed by atoms with Gasteiger partial charge < -0.3 is 20.5 Å². The molecule has 4 N–H and O–H groups in total. The fourth-order valence-electron chi connectivity index (χ4n) is 3.20. The zero-order chi connectivity index (χ0) is 22.9. The van der Waals surface area contributed by atoms with Gasteiger partial charge in [0.25, 0.3) is 5.91 Å². The van der Waals surface area contributed by atoms with Crippen LogP contribution in [-0.2, 0) is 4.79 Å². The lowest BCUT2D eigenvalue weighted by atomic mass is 10.0. The fraction of sp³-hybridized carbons (Fsp3) is 0.333. The summed E-state index contributed by atoms with van der Waals surface area (Å²) in [5, 5.41) is 5.44. The molecule has 0 fully saturated rings. The van der Waals surface area contributed by atoms with Crippen molar-refractivity contribution in [2.24, 2.45) is 5.73 Å². The second-order valence-corrected chi connectivity index (χ2v) is 8.33. The number of nitrogens with zero attached hydrogens (tertiary/aromatic N) is 1. The second-order valence-electron chi connectivity index (χ2n) is 7.42. The first-order valence-corrected chi connectivity index (χ1v) is 11.7. The molecule has 0 aliphatic heterocycles. The summed E-state index contributed by atoms with van der Waals surface area (Å²) in [5.74, 6) is 1.73. The number of amides is 1. The van der Waals surface area contributed by atoms with E-state index < -0.39 is 6.04 Å². The normalized spacial score (nSPS) is 11.9. The summed E-state index contributed by atoms with van der Waals surface area (Å²) in [7, 11) is 0. The number of fused-ring (bicyclic) bond motifs is 1. The number of carbonyl (C=O) groups excluding carboxylic acids is 1. The fourth-order valence-corrected chi connectivity index (χ4v) is 3.68. The quantitative estimate of drug-likeness (QED) is 0.293. The maximum absolute atomic E-state index is 13.1. The average Bonchev–Trinajstić information content (AvgIpc) is 2.78. The van der Waals surface area contributed by atoms with E-state index in [1.807, 2.05) is 69.4 Å². The van der Waals surface area contributed by atoms with Gasteiger partial charge in [-0.15, -0.1) is 0 Å². The summed E-state index contributed by atoms with van der Waals surface area (Å²) >= 11 is 1.29. The zero-order valence-electron chi connectivity index (χ0n) is 18.6. The number of nitrogens with two attached hydrogens (primary N) is 1. The second kappa shape index (κ2) is 11.6. The minimum absolute atomic E-state index is 0.0111. The van der Waals surface area contributed by atoms with Crippen molar-refractivity contribution in [1.82, 2.24) is 9.71 Å². The number of benzene rings is 2. The van der Waals surface area contributed by atoms with Crippen LogP contribution in [-0.4, -0.2) is 35.9 Å². The van der Waals surface area contributed by atoms with Gasteiger partial charge in [-0.25, -0.2) is 0 Å². The van der Waals surface area contributed by atoms with Crippen molar-refractivity contribution < 1.29 is 14.3 Å². The summed E-state index contributed by atoms with van der Waals surface area (Å²) in [5.41, 5.74) is 7.16. The summed E-state index contributed by atoms with van der Waals surface area (Å²) in [4.78, 5) is 17.3. The maximum Gasteiger partial charge on any atom is 0.256 e. The number of rotatable bonds is 11. The minimum atomic E-state index is -0.633. The van der Waals surface area contributed by atoms with E-state index in [0.29, 0.717) is 30.4 Å². The molecule has 32 heavy (non-hydrogen) atoms. The van der Waals surface area contributed by atoms with Gasteiger partial charge in [0.05, 0.1) is 12.7 Å². The van der Waals surface area contributed by atoms with Crippen LogP contribution < -0.4 is 25.2 Å². The van der Waals surface area contributed by atoms with Gasteiger partial charge in [0.1, 0.15) is 6.04 Å². The van der Waals surface area contributed by atoms with E-state index in [1.54, 1.807) is 6.20 Å². The molecular formula is C24H30N4O3S. The van der Waals surface area contributed by atoms with E-state index in [4.69, 9.17) is 15.2 Å². The van der Waals surface area contributed by atoms with Crippen molar-refractivity contribution in [1.29, 1.82) is 0 Å². The third-order valence-corrected chi connectivity index (χ3v) is 5.36. The molecule has 0 aliphatic carbocycles. The van der Waals surface area contributed by atoms with Crippen molar-refractivity contribution in [3.63, 3.8) is 0 Å². The highest BCUT2D eigenvalue weighted by Crippen LogP contribution is 2.33. The molecule has 8 heteroatoms. The average molecular weight is 455 g/mol. The molecule has 0 saturated heterocycles. The highest BCUT2D eigenvalue weighted by atomic mass is 32.2. The molecule has 0 bridgehead atoms. The van der Waals surface area contributed by atoms with E-state index >= 15 is 0 Å². The summed E-state index contributed by atoms with van der Waals surface area (Å²) in [6.07, 6.45) is 3.58. The van der Waals surface area contributed by atoms with E-state index in [0.717, 1.165) is 22.0 Å². The Morgan fingerprint density at radius 1 is 1.12 bits per heavy atom. The van der Waals surface area contributed by atoms with Crippen LogP contribution in [0.1, 0.15) is 32.4 Å². The Labute approximate surface area is 193 Å². The van der Waals surface area contributed by atoms with Crippen LogP contribution in [0, 0.1) is 0 Å². The SMILES string of the molecule is CCOc1cc(C(Nc2ccc3cnccc3c2)C(=O)NSCCN)ccc1OC(C)C. The highest BCUT2D eigenvalue weighted by Gasteiger charge is 2.23. The number of hydrogen-bond donors (Lipinski definition) is 3. The zero-order valence-corrected chi connectivity index (χ0v) is 19.4. The molecule has 1 amide bonds. The van der Waals surface area contributed by atoms with E-state index in [9.17, 15) is 4.79 Å². The van der Waals surface area contributed by atoms with E-state index in [1.165, 1.54) is 11.9 Å². The van der Waals surface area contributed by atoms with Crippen LogP contribution in [0.4, 0.5) is 5.69 Å². The van der Waals surface area contributed by atoms with Crippen molar-refractivity contribution in [3.05, 3.63) is 60.4 Å². The lowest BCUT2D eigenvalue weighted by Crippen LogP contribution is -2.30. The molecule has 0 saturated carbocycles. The molecular weight excluding hydrogens is 424 g/mol. The first kappa shape index (κ1) is 23.7. The van der Waals surface area contributed by atoms with Crippen LogP contribution in [0.3, 0.4) is 0 Å². The molecule has 1 atom stereocenters. The number of hydrogen-bond acceptors (Lipinski definition) is 7. The minimum Gasteiger partial charge on any atom is -0.490 e. The Morgan fingerprint density at radius 3 is 2.72 bits per heavy atom. The smallest absolute Gasteiger partial charge is 0.256 e. The van der Waals surface area contributed by atoms with Gasteiger partial charge in [-0.2, -0.15) is 0 Å². The van der Waals surface area contributed by atoms with Crippen molar-refractivity contribution in [2.45, 2.75) is 32.9 Å². The van der Waals surface area contributed by atoms with Crippen molar-refractivity contribution >= 4 is 34.3 Å². The Kier molecular flexibility index (Phi) is 8.58. The molecule has 7 nitrogen and oxygen atoms in total. The number of anilines is 1. The Bertz CT molecular complexity index is 1040. The van der Waals surface area contributed by atoms with Gasteiger partial charge >= 0.3 is 0 Å². The van der Waals surface area contributed by atoms with Crippen LogP contribution in [0.2, 0.25) is 0 Å². The van der Waals surface area contributed by atoms with Gasteiger partial charge in [-0.05, 0) is 74.0 Å². The van der Waals surface area contributed by atoms with Crippen LogP contribution in [0.15, 0.2) is 54.9 Å². The largest absolute Gasteiger partial charge is 0.490 e. The summed E-state index contributed by atoms with van der Waals surface area (Å²) in [6, 6.07) is 12.8. The monoisotopic (exact) mass is 454 g/mol. The van der Waals surface area contributed by atoms with Crippen LogP contribution >= 0.6 is 11.9 Å². The van der Waals surface area contributed by atoms with Gasteiger partial charge in [0, 0.05) is 35.8 Å². The standard InChI is InChI=1S/C24H30N4O3S/c1-4-30-22-14-18(6-8-21(22)31-16(2)3)23(24(29)28-32-12-10-25)27-20-7-5-19-15-26-11-9-17(19)13-20/h5-9,11,13-16,23,27H,4,10,12,25H2,1-3H3,(H,28,29). The lowest BCUT2D eigenvalue weighted by molar-refractivity contribution is -0.120. The molecule has 1 unspecified atom stereocenters. The number of pyridine rings is 1. The molecule has 1 aromatic heterocycles. The number of aromatic nitrogens is 1. The molecule has 0 spiro atoms. The molecule has 1 heterocycles. The highest BCUT2D eigenvalue weighted by molar-refractivity contribution is 7.97. The molecule has 2 aromatic carbocycles. The van der Waals surface area contributed by atoms with Crippen molar-refractivity contribution in [2.75, 3.05) is 24.2 Å². The van der Waals surface area contributed by atoms with Crippen LogP contribution in [0.25, 0.3) is 10.8 Å². The van der Waals surface area contributed by atoms with Gasteiger partial charge in [0.2, 0.25) is 0 Å². The molecule has 3 rings (SSSR count). The third kappa shape index (κ3) is 6.27. The van der Waals surface area contributed by atoms with E-state index in [-0.39, 0.29) is 12.0 Å². The van der Waals surface area contributed by atoms with Gasteiger partial charge in [0.15, 0.2) is 11.5 Å². The van der Waals surface area contributed by atoms with Gasteiger partial charge in [-0.3, -0.25) is 14.5 Å². The number of ether oxygens (including phenoxy) is 2. The molecule has 3 aromatic rings. The lowest BCUT2D eigenvalue weighted by Gasteiger charge is -2.22. The topological polar surface area (TPSA) is 98.5 Å². The summed E-state index contributed by atoms with van der Waals surface area (Å²) < 4.78 is 14.6. The predicted molar refractivity (Wildman–Crippen MR) is 131 cm³/mol. The van der Waals surface area contributed by atoms with Gasteiger partial charge in [-0.1, -0.05) is 12.1 Å². The first-order chi connectivity index (χ1) is 15.5. The van der Waals surface area contributed by atoms with Crippen LogP contribution in [0.5, 0.6) is 11.5 Å². The number of carbonyl (C=O) groups is 1. The van der Waals surface area contributed by atoms with Crippen molar-refractivity contribution in [3.8, 4) is 11.5 Å². The number of nitrogens with one attached hydrogen (secondary N) is 2.